The van der Waals surface area contributed by atoms with Crippen molar-refractivity contribution < 1.29 is 13.9 Å². The van der Waals surface area contributed by atoms with Crippen molar-refractivity contribution >= 4 is 17.5 Å². The van der Waals surface area contributed by atoms with Crippen molar-refractivity contribution in [1.29, 1.82) is 0 Å². The number of carbonyl (C=O) groups is 1. The number of halogens is 1. The molecule has 7 heteroatoms. The first-order valence-corrected chi connectivity index (χ1v) is 10.5. The topological polar surface area (TPSA) is 60.5 Å². The minimum Gasteiger partial charge on any atom is -0.485 e. The predicted molar refractivity (Wildman–Crippen MR) is 117 cm³/mol. The average molecular weight is 430 g/mol. The highest BCUT2D eigenvalue weighted by Gasteiger charge is 2.18. The third-order valence-electron chi connectivity index (χ3n) is 5.01. The highest BCUT2D eigenvalue weighted by Crippen LogP contribution is 2.32. The molecule has 0 unspecified atom stereocenters. The molecule has 0 saturated carbocycles. The summed E-state index contributed by atoms with van der Waals surface area (Å²) in [4.78, 5) is 14.3. The molecule has 2 aromatic heterocycles. The van der Waals surface area contributed by atoms with Crippen LogP contribution in [-0.4, -0.2) is 27.6 Å². The van der Waals surface area contributed by atoms with Gasteiger partial charge in [-0.1, -0.05) is 25.4 Å². The van der Waals surface area contributed by atoms with E-state index in [-0.39, 0.29) is 24.2 Å². The first kappa shape index (κ1) is 22.0. The summed E-state index contributed by atoms with van der Waals surface area (Å²) in [6.07, 6.45) is 1.74. The Balaban J connectivity index is 1.67. The molecular formula is C23H28ClN3O3. The third kappa shape index (κ3) is 4.87. The van der Waals surface area contributed by atoms with Gasteiger partial charge in [-0.15, -0.1) is 0 Å². The number of ether oxygens (including phenoxy) is 1. The summed E-state index contributed by atoms with van der Waals surface area (Å²) in [6, 6.07) is 9.26. The monoisotopic (exact) mass is 429 g/mol. The summed E-state index contributed by atoms with van der Waals surface area (Å²) < 4.78 is 13.6. The number of benzene rings is 1. The van der Waals surface area contributed by atoms with Crippen molar-refractivity contribution in [2.45, 2.75) is 53.3 Å². The number of hydrogen-bond acceptors (Lipinski definition) is 4. The van der Waals surface area contributed by atoms with Crippen molar-refractivity contribution in [3.8, 4) is 5.75 Å². The van der Waals surface area contributed by atoms with Crippen molar-refractivity contribution in [3.63, 3.8) is 0 Å². The summed E-state index contributed by atoms with van der Waals surface area (Å²) in [7, 11) is 1.75. The van der Waals surface area contributed by atoms with Gasteiger partial charge in [-0.25, -0.2) is 0 Å². The van der Waals surface area contributed by atoms with Crippen LogP contribution in [0.4, 0.5) is 0 Å². The van der Waals surface area contributed by atoms with Crippen LogP contribution >= 0.6 is 11.6 Å². The molecule has 0 radical (unpaired) electrons. The van der Waals surface area contributed by atoms with Gasteiger partial charge in [0.1, 0.15) is 18.1 Å². The van der Waals surface area contributed by atoms with E-state index in [9.17, 15) is 4.79 Å². The van der Waals surface area contributed by atoms with Gasteiger partial charge in [-0.05, 0) is 61.2 Å². The van der Waals surface area contributed by atoms with Crippen LogP contribution in [0.5, 0.6) is 5.75 Å². The van der Waals surface area contributed by atoms with Crippen LogP contribution in [0, 0.1) is 6.92 Å². The number of hydrogen-bond donors (Lipinski definition) is 0. The molecule has 0 aliphatic heterocycles. The Labute approximate surface area is 182 Å². The largest absolute Gasteiger partial charge is 0.485 e. The Kier molecular flexibility index (Phi) is 6.87. The van der Waals surface area contributed by atoms with Crippen LogP contribution in [0.3, 0.4) is 0 Å². The van der Waals surface area contributed by atoms with E-state index < -0.39 is 0 Å². The molecule has 1 amide bonds. The van der Waals surface area contributed by atoms with Crippen LogP contribution in [0.2, 0.25) is 5.02 Å². The number of furan rings is 1. The molecule has 0 atom stereocenters. The maximum absolute atomic E-state index is 12.7. The molecule has 2 heterocycles. The van der Waals surface area contributed by atoms with Crippen molar-refractivity contribution in [2.75, 3.05) is 7.05 Å². The van der Waals surface area contributed by atoms with Gasteiger partial charge in [-0.2, -0.15) is 5.10 Å². The number of rotatable bonds is 8. The standard InChI is InChI=1S/C23H28ClN3O3/c1-6-27-17(9-10-25-27)13-26(5)23(28)21-8-7-18(30-21)14-29-22-11-16(4)20(24)12-19(22)15(2)3/h7-12,15H,6,13-14H2,1-5H3. The molecule has 0 spiro atoms. The average Bonchev–Trinajstić information content (AvgIpc) is 3.36. The lowest BCUT2D eigenvalue weighted by atomic mass is 10.0. The molecule has 0 aliphatic carbocycles. The van der Waals surface area contributed by atoms with E-state index in [0.717, 1.165) is 34.1 Å². The van der Waals surface area contributed by atoms with Crippen molar-refractivity contribution in [3.05, 3.63) is 69.9 Å². The Morgan fingerprint density at radius 3 is 2.77 bits per heavy atom. The molecule has 3 rings (SSSR count). The molecule has 0 fully saturated rings. The van der Waals surface area contributed by atoms with Gasteiger partial charge in [0.25, 0.3) is 5.91 Å². The first-order valence-electron chi connectivity index (χ1n) is 10.1. The Hall–Kier alpha value is -2.73. The molecular weight excluding hydrogens is 402 g/mol. The number of aryl methyl sites for hydroxylation is 2. The second kappa shape index (κ2) is 9.39. The molecule has 6 nitrogen and oxygen atoms in total. The highest BCUT2D eigenvalue weighted by atomic mass is 35.5. The quantitative estimate of drug-likeness (QED) is 0.478. The smallest absolute Gasteiger partial charge is 0.289 e. The number of nitrogens with zero attached hydrogens (tertiary/aromatic N) is 3. The molecule has 3 aromatic rings. The van der Waals surface area contributed by atoms with Crippen molar-refractivity contribution in [2.24, 2.45) is 0 Å². The van der Waals surface area contributed by atoms with Gasteiger partial charge in [0, 0.05) is 24.8 Å². The molecule has 160 valence electrons. The first-order chi connectivity index (χ1) is 14.3. The highest BCUT2D eigenvalue weighted by molar-refractivity contribution is 6.31. The summed E-state index contributed by atoms with van der Waals surface area (Å²) in [5, 5.41) is 4.96. The van der Waals surface area contributed by atoms with Crippen LogP contribution in [-0.2, 0) is 19.7 Å². The molecule has 0 saturated heterocycles. The van der Waals surface area contributed by atoms with E-state index >= 15 is 0 Å². The summed E-state index contributed by atoms with van der Waals surface area (Å²) >= 11 is 6.26. The summed E-state index contributed by atoms with van der Waals surface area (Å²) in [5.41, 5.74) is 2.97. The van der Waals surface area contributed by atoms with Gasteiger partial charge in [0.05, 0.1) is 12.2 Å². The van der Waals surface area contributed by atoms with Gasteiger partial charge in [0.15, 0.2) is 5.76 Å². The minimum atomic E-state index is -0.185. The zero-order valence-electron chi connectivity index (χ0n) is 18.1. The Morgan fingerprint density at radius 2 is 2.07 bits per heavy atom. The fraction of sp³-hybridized carbons (Fsp3) is 0.391. The molecule has 0 N–H and O–H groups in total. The second-order valence-electron chi connectivity index (χ2n) is 7.65. The fourth-order valence-electron chi connectivity index (χ4n) is 3.25. The van der Waals surface area contributed by atoms with E-state index in [4.69, 9.17) is 20.8 Å². The number of carbonyl (C=O) groups excluding carboxylic acids is 1. The molecule has 0 bridgehead atoms. The van der Waals surface area contributed by atoms with Crippen LogP contribution < -0.4 is 4.74 Å². The summed E-state index contributed by atoms with van der Waals surface area (Å²) in [6.45, 7) is 9.61. The van der Waals surface area contributed by atoms with Gasteiger partial charge in [0.2, 0.25) is 0 Å². The maximum Gasteiger partial charge on any atom is 0.289 e. The third-order valence-corrected chi connectivity index (χ3v) is 5.41. The SMILES string of the molecule is CCn1nccc1CN(C)C(=O)c1ccc(COc2cc(C)c(Cl)cc2C(C)C)o1. The number of aromatic nitrogens is 2. The molecule has 1 aromatic carbocycles. The maximum atomic E-state index is 12.7. The fourth-order valence-corrected chi connectivity index (χ4v) is 3.42. The zero-order chi connectivity index (χ0) is 21.8. The minimum absolute atomic E-state index is 0.185. The Morgan fingerprint density at radius 1 is 1.30 bits per heavy atom. The van der Waals surface area contributed by atoms with Crippen LogP contribution in [0.15, 0.2) is 40.9 Å². The lowest BCUT2D eigenvalue weighted by Gasteiger charge is -2.16. The van der Waals surface area contributed by atoms with E-state index in [2.05, 4.69) is 18.9 Å². The van der Waals surface area contributed by atoms with Gasteiger partial charge in [-0.3, -0.25) is 9.48 Å². The van der Waals surface area contributed by atoms with Crippen LogP contribution in [0.25, 0.3) is 0 Å². The van der Waals surface area contributed by atoms with E-state index in [1.807, 2.05) is 36.7 Å². The lowest BCUT2D eigenvalue weighted by Crippen LogP contribution is -2.27. The Bertz CT molecular complexity index is 1020. The summed E-state index contributed by atoms with van der Waals surface area (Å²) in [5.74, 6) is 1.75. The lowest BCUT2D eigenvalue weighted by molar-refractivity contribution is 0.0745. The van der Waals surface area contributed by atoms with Crippen molar-refractivity contribution in [1.82, 2.24) is 14.7 Å². The molecule has 30 heavy (non-hydrogen) atoms. The van der Waals surface area contributed by atoms with Crippen LogP contribution in [0.1, 0.15) is 59.8 Å². The molecule has 0 aliphatic rings. The zero-order valence-corrected chi connectivity index (χ0v) is 18.9. The second-order valence-corrected chi connectivity index (χ2v) is 8.06. The van der Waals surface area contributed by atoms with E-state index in [1.165, 1.54) is 0 Å². The van der Waals surface area contributed by atoms with Gasteiger partial charge < -0.3 is 14.1 Å². The number of amides is 1. The van der Waals surface area contributed by atoms with Gasteiger partial charge >= 0.3 is 0 Å². The predicted octanol–water partition coefficient (Wildman–Crippen LogP) is 5.43. The normalized spacial score (nSPS) is 11.2. The van der Waals surface area contributed by atoms with E-state index in [0.29, 0.717) is 12.3 Å². The van der Waals surface area contributed by atoms with E-state index in [1.54, 1.807) is 30.3 Å².